The Balaban J connectivity index is 1.47. The van der Waals surface area contributed by atoms with Crippen molar-refractivity contribution in [1.29, 1.82) is 0 Å². The molecule has 2 atom stereocenters. The molecule has 2 aromatic carbocycles. The first-order valence-corrected chi connectivity index (χ1v) is 9.83. The SMILES string of the molecule is COC(=O)C1Cc2c(O)cccc2C1NC(=O)c1ccc(NC(=O)NC2CC2)cc1. The van der Waals surface area contributed by atoms with E-state index in [0.29, 0.717) is 28.8 Å². The predicted molar refractivity (Wildman–Crippen MR) is 109 cm³/mol. The number of fused-ring (bicyclic) bond motifs is 1. The lowest BCUT2D eigenvalue weighted by Crippen LogP contribution is -2.35. The summed E-state index contributed by atoms with van der Waals surface area (Å²) in [6.07, 6.45) is 2.29. The van der Waals surface area contributed by atoms with Crippen molar-refractivity contribution in [2.45, 2.75) is 31.3 Å². The van der Waals surface area contributed by atoms with E-state index in [0.717, 1.165) is 12.8 Å². The number of urea groups is 1. The van der Waals surface area contributed by atoms with E-state index in [-0.39, 0.29) is 23.7 Å². The average Bonchev–Trinajstić information content (AvgIpc) is 3.47. The molecule has 8 heteroatoms. The number of aromatic hydroxyl groups is 1. The van der Waals surface area contributed by atoms with Crippen molar-refractivity contribution < 1.29 is 24.2 Å². The molecule has 0 aliphatic heterocycles. The van der Waals surface area contributed by atoms with Crippen LogP contribution in [0.1, 0.15) is 40.4 Å². The highest BCUT2D eigenvalue weighted by molar-refractivity contribution is 5.96. The lowest BCUT2D eigenvalue weighted by atomic mass is 10.00. The molecule has 0 aromatic heterocycles. The number of ether oxygens (including phenoxy) is 1. The van der Waals surface area contributed by atoms with Crippen LogP contribution in [-0.4, -0.2) is 36.2 Å². The van der Waals surface area contributed by atoms with Crippen LogP contribution in [0.3, 0.4) is 0 Å². The van der Waals surface area contributed by atoms with Gasteiger partial charge in [0.2, 0.25) is 0 Å². The van der Waals surface area contributed by atoms with Crippen molar-refractivity contribution >= 4 is 23.6 Å². The number of phenolic OH excluding ortho intramolecular Hbond substituents is 1. The summed E-state index contributed by atoms with van der Waals surface area (Å²) in [6.45, 7) is 0. The number of methoxy groups -OCH3 is 1. The summed E-state index contributed by atoms with van der Waals surface area (Å²) in [5, 5.41) is 18.6. The third-order valence-electron chi connectivity index (χ3n) is 5.46. The summed E-state index contributed by atoms with van der Waals surface area (Å²) in [5.74, 6) is -1.33. The highest BCUT2D eigenvalue weighted by Crippen LogP contribution is 2.41. The smallest absolute Gasteiger partial charge is 0.319 e. The van der Waals surface area contributed by atoms with Crippen LogP contribution in [0.5, 0.6) is 5.75 Å². The van der Waals surface area contributed by atoms with Crippen LogP contribution < -0.4 is 16.0 Å². The zero-order valence-electron chi connectivity index (χ0n) is 16.5. The summed E-state index contributed by atoms with van der Waals surface area (Å²) >= 11 is 0. The van der Waals surface area contributed by atoms with Crippen LogP contribution >= 0.6 is 0 Å². The largest absolute Gasteiger partial charge is 0.508 e. The van der Waals surface area contributed by atoms with E-state index < -0.39 is 17.9 Å². The number of esters is 1. The van der Waals surface area contributed by atoms with Gasteiger partial charge in [0.25, 0.3) is 5.91 Å². The number of anilines is 1. The predicted octanol–water partition coefficient (Wildman–Crippen LogP) is 2.49. The minimum absolute atomic E-state index is 0.0954. The van der Waals surface area contributed by atoms with Gasteiger partial charge in [-0.1, -0.05) is 12.1 Å². The fourth-order valence-electron chi connectivity index (χ4n) is 3.72. The highest BCUT2D eigenvalue weighted by Gasteiger charge is 2.40. The molecular weight excluding hydrogens is 386 g/mol. The Morgan fingerprint density at radius 3 is 2.43 bits per heavy atom. The van der Waals surface area contributed by atoms with E-state index in [2.05, 4.69) is 16.0 Å². The topological polar surface area (TPSA) is 117 Å². The van der Waals surface area contributed by atoms with Crippen molar-refractivity contribution in [3.05, 3.63) is 59.2 Å². The second kappa shape index (κ2) is 8.06. The van der Waals surface area contributed by atoms with Crippen molar-refractivity contribution in [1.82, 2.24) is 10.6 Å². The summed E-state index contributed by atoms with van der Waals surface area (Å²) in [4.78, 5) is 36.9. The quantitative estimate of drug-likeness (QED) is 0.566. The van der Waals surface area contributed by atoms with Crippen molar-refractivity contribution in [3.8, 4) is 5.75 Å². The van der Waals surface area contributed by atoms with Gasteiger partial charge in [0.1, 0.15) is 5.75 Å². The fourth-order valence-corrected chi connectivity index (χ4v) is 3.72. The molecule has 2 unspecified atom stereocenters. The Kier molecular flexibility index (Phi) is 5.31. The van der Waals surface area contributed by atoms with Crippen LogP contribution in [0.25, 0.3) is 0 Å². The monoisotopic (exact) mass is 409 g/mol. The number of nitrogens with one attached hydrogen (secondary N) is 3. The number of amides is 3. The maximum atomic E-state index is 12.8. The fraction of sp³-hybridized carbons (Fsp3) is 0.318. The van der Waals surface area contributed by atoms with Crippen LogP contribution in [0, 0.1) is 5.92 Å². The second-order valence-electron chi connectivity index (χ2n) is 7.58. The number of phenols is 1. The van der Waals surface area contributed by atoms with E-state index in [4.69, 9.17) is 4.74 Å². The Morgan fingerprint density at radius 2 is 1.77 bits per heavy atom. The number of hydrogen-bond acceptors (Lipinski definition) is 5. The molecule has 0 spiro atoms. The molecule has 2 aliphatic rings. The molecule has 2 aromatic rings. The molecule has 156 valence electrons. The first kappa shape index (κ1) is 19.8. The minimum atomic E-state index is -0.616. The van der Waals surface area contributed by atoms with Crippen LogP contribution in [-0.2, 0) is 16.0 Å². The van der Waals surface area contributed by atoms with E-state index in [1.165, 1.54) is 7.11 Å². The van der Waals surface area contributed by atoms with Crippen molar-refractivity contribution in [2.24, 2.45) is 5.92 Å². The molecule has 0 radical (unpaired) electrons. The summed E-state index contributed by atoms with van der Waals surface area (Å²) in [6, 6.07) is 10.9. The number of carbonyl (C=O) groups excluding carboxylic acids is 3. The average molecular weight is 409 g/mol. The van der Waals surface area contributed by atoms with Crippen LogP contribution in [0.4, 0.5) is 10.5 Å². The van der Waals surface area contributed by atoms with Crippen molar-refractivity contribution in [3.63, 3.8) is 0 Å². The van der Waals surface area contributed by atoms with Crippen LogP contribution in [0.15, 0.2) is 42.5 Å². The zero-order chi connectivity index (χ0) is 21.3. The van der Waals surface area contributed by atoms with E-state index in [9.17, 15) is 19.5 Å². The van der Waals surface area contributed by atoms with Gasteiger partial charge in [-0.25, -0.2) is 4.79 Å². The lowest BCUT2D eigenvalue weighted by molar-refractivity contribution is -0.146. The second-order valence-corrected chi connectivity index (χ2v) is 7.58. The molecular formula is C22H23N3O5. The number of hydrogen-bond donors (Lipinski definition) is 4. The molecule has 0 bridgehead atoms. The molecule has 0 saturated heterocycles. The van der Waals surface area contributed by atoms with Gasteiger partial charge in [-0.05, 0) is 55.2 Å². The van der Waals surface area contributed by atoms with Gasteiger partial charge in [-0.2, -0.15) is 0 Å². The molecule has 4 rings (SSSR count). The van der Waals surface area contributed by atoms with E-state index in [1.54, 1.807) is 42.5 Å². The molecule has 1 fully saturated rings. The van der Waals surface area contributed by atoms with E-state index >= 15 is 0 Å². The Morgan fingerprint density at radius 1 is 1.03 bits per heavy atom. The van der Waals surface area contributed by atoms with E-state index in [1.807, 2.05) is 0 Å². The normalized spacial score (nSPS) is 19.5. The third kappa shape index (κ3) is 4.07. The maximum absolute atomic E-state index is 12.8. The summed E-state index contributed by atoms with van der Waals surface area (Å²) < 4.78 is 4.89. The first-order valence-electron chi connectivity index (χ1n) is 9.83. The van der Waals surface area contributed by atoms with Gasteiger partial charge in [0.15, 0.2) is 0 Å². The van der Waals surface area contributed by atoms with Gasteiger partial charge in [0.05, 0.1) is 19.1 Å². The minimum Gasteiger partial charge on any atom is -0.508 e. The summed E-state index contributed by atoms with van der Waals surface area (Å²) in [5.41, 5.74) is 2.31. The Labute approximate surface area is 173 Å². The first-order chi connectivity index (χ1) is 14.5. The Hall–Kier alpha value is -3.55. The standard InChI is InChI=1S/C22H23N3O5/c1-30-21(28)17-11-16-15(3-2-4-18(16)26)19(17)25-20(27)12-5-7-13(8-6-12)23-22(29)24-14-9-10-14/h2-8,14,17,19,26H,9-11H2,1H3,(H,25,27)(H2,23,24,29). The van der Waals surface area contributed by atoms with Gasteiger partial charge >= 0.3 is 12.0 Å². The summed E-state index contributed by atoms with van der Waals surface area (Å²) in [7, 11) is 1.30. The molecule has 8 nitrogen and oxygen atoms in total. The Bertz CT molecular complexity index is 985. The van der Waals surface area contributed by atoms with Gasteiger partial charge < -0.3 is 25.8 Å². The molecule has 30 heavy (non-hydrogen) atoms. The molecule has 2 aliphatic carbocycles. The van der Waals surface area contributed by atoms with Gasteiger partial charge in [-0.15, -0.1) is 0 Å². The number of rotatable bonds is 5. The zero-order valence-corrected chi connectivity index (χ0v) is 16.5. The molecule has 0 heterocycles. The molecule has 4 N–H and O–H groups in total. The number of carbonyl (C=O) groups is 3. The van der Waals surface area contributed by atoms with Gasteiger partial charge in [-0.3, -0.25) is 9.59 Å². The maximum Gasteiger partial charge on any atom is 0.319 e. The lowest BCUT2D eigenvalue weighted by Gasteiger charge is -2.20. The van der Waals surface area contributed by atoms with Crippen LogP contribution in [0.2, 0.25) is 0 Å². The highest BCUT2D eigenvalue weighted by atomic mass is 16.5. The third-order valence-corrected chi connectivity index (χ3v) is 5.46. The van der Waals surface area contributed by atoms with Gasteiger partial charge in [0, 0.05) is 22.9 Å². The van der Waals surface area contributed by atoms with Crippen molar-refractivity contribution in [2.75, 3.05) is 12.4 Å². The number of benzene rings is 2. The molecule has 3 amide bonds. The molecule has 1 saturated carbocycles.